The molecule has 23 heavy (non-hydrogen) atoms. The Morgan fingerprint density at radius 2 is 1.91 bits per heavy atom. The molecular weight excluding hydrogens is 310 g/mol. The van der Waals surface area contributed by atoms with Gasteiger partial charge >= 0.3 is 0 Å². The Hall–Kier alpha value is -1.16. The van der Waals surface area contributed by atoms with Crippen LogP contribution < -0.4 is 0 Å². The van der Waals surface area contributed by atoms with Gasteiger partial charge in [0.25, 0.3) is 5.91 Å². The summed E-state index contributed by atoms with van der Waals surface area (Å²) in [5.41, 5.74) is 0.386. The molecule has 0 spiro atoms. The zero-order chi connectivity index (χ0) is 16.4. The molecule has 1 saturated heterocycles. The van der Waals surface area contributed by atoms with Crippen LogP contribution in [0.3, 0.4) is 0 Å². The maximum absolute atomic E-state index is 13.2. The summed E-state index contributed by atoms with van der Waals surface area (Å²) in [6.07, 6.45) is 10.0. The first kappa shape index (κ1) is 16.7. The lowest BCUT2D eigenvalue weighted by molar-refractivity contribution is 0.0562. The van der Waals surface area contributed by atoms with Crippen molar-refractivity contribution in [3.63, 3.8) is 0 Å². The van der Waals surface area contributed by atoms with Gasteiger partial charge in [0.05, 0.1) is 11.2 Å². The van der Waals surface area contributed by atoms with Gasteiger partial charge in [0.2, 0.25) is 0 Å². The number of carbonyl (C=O) groups is 1. The van der Waals surface area contributed by atoms with E-state index in [1.807, 2.05) is 13.8 Å². The number of hydrogen-bond donors (Lipinski definition) is 0. The van der Waals surface area contributed by atoms with Crippen molar-refractivity contribution in [3.8, 4) is 0 Å². The largest absolute Gasteiger partial charge is 0.334 e. The molecule has 3 rings (SSSR count). The topological polar surface area (TPSA) is 46.1 Å². The van der Waals surface area contributed by atoms with Gasteiger partial charge in [-0.05, 0) is 31.6 Å². The number of aromatic nitrogens is 2. The molecule has 1 aromatic heterocycles. The standard InChI is InChI=1S/C18H26ClN3O/c1-12(2)17-20-11-14(19)16(21-17)18(23)22-10-6-5-8-13-7-3-4-9-15(13)22/h11-13,15H,3-10H2,1-2H3/t13-,15-/m1/s1. The van der Waals surface area contributed by atoms with E-state index >= 15 is 0 Å². The normalized spacial score (nSPS) is 25.1. The van der Waals surface area contributed by atoms with E-state index in [1.54, 1.807) is 6.20 Å². The van der Waals surface area contributed by atoms with Gasteiger partial charge in [-0.2, -0.15) is 0 Å². The molecule has 1 aromatic rings. The van der Waals surface area contributed by atoms with Gasteiger partial charge in [0, 0.05) is 18.5 Å². The Bertz CT molecular complexity index is 575. The van der Waals surface area contributed by atoms with E-state index in [9.17, 15) is 4.79 Å². The zero-order valence-corrected chi connectivity index (χ0v) is 14.9. The quantitative estimate of drug-likeness (QED) is 0.802. The second-order valence-electron chi connectivity index (χ2n) is 7.19. The Labute approximate surface area is 143 Å². The van der Waals surface area contributed by atoms with Gasteiger partial charge in [-0.25, -0.2) is 9.97 Å². The van der Waals surface area contributed by atoms with E-state index in [4.69, 9.17) is 11.6 Å². The highest BCUT2D eigenvalue weighted by Crippen LogP contribution is 2.35. The lowest BCUT2D eigenvalue weighted by Crippen LogP contribution is -2.45. The SMILES string of the molecule is CC(C)c1ncc(Cl)c(C(=O)N2CCCC[C@H]3CCCC[C@H]32)n1. The first-order valence-electron chi connectivity index (χ1n) is 8.91. The van der Waals surface area contributed by atoms with Crippen LogP contribution >= 0.6 is 11.6 Å². The van der Waals surface area contributed by atoms with Crippen LogP contribution in [0.2, 0.25) is 5.02 Å². The molecule has 1 saturated carbocycles. The number of halogens is 1. The van der Waals surface area contributed by atoms with Gasteiger partial charge < -0.3 is 4.90 Å². The zero-order valence-electron chi connectivity index (χ0n) is 14.1. The second kappa shape index (κ2) is 7.16. The fraction of sp³-hybridized carbons (Fsp3) is 0.722. The predicted molar refractivity (Wildman–Crippen MR) is 91.8 cm³/mol. The molecule has 1 aliphatic carbocycles. The van der Waals surface area contributed by atoms with E-state index in [0.29, 0.717) is 28.5 Å². The molecule has 0 aromatic carbocycles. The molecule has 0 N–H and O–H groups in total. The van der Waals surface area contributed by atoms with Crippen molar-refractivity contribution < 1.29 is 4.79 Å². The molecule has 0 unspecified atom stereocenters. The van der Waals surface area contributed by atoms with Crippen LogP contribution in [0.1, 0.15) is 81.0 Å². The lowest BCUT2D eigenvalue weighted by atomic mass is 9.81. The third kappa shape index (κ3) is 3.52. The van der Waals surface area contributed by atoms with Gasteiger partial charge in [-0.15, -0.1) is 0 Å². The first-order chi connectivity index (χ1) is 11.1. The van der Waals surface area contributed by atoms with E-state index in [0.717, 1.165) is 19.4 Å². The molecule has 126 valence electrons. The lowest BCUT2D eigenvalue weighted by Gasteiger charge is -2.38. The molecule has 1 amide bonds. The van der Waals surface area contributed by atoms with Crippen LogP contribution in [-0.4, -0.2) is 33.4 Å². The highest BCUT2D eigenvalue weighted by atomic mass is 35.5. The highest BCUT2D eigenvalue weighted by molar-refractivity contribution is 6.33. The summed E-state index contributed by atoms with van der Waals surface area (Å²) in [4.78, 5) is 24.0. The fourth-order valence-electron chi connectivity index (χ4n) is 3.99. The van der Waals surface area contributed by atoms with E-state index in [2.05, 4.69) is 14.9 Å². The van der Waals surface area contributed by atoms with Crippen LogP contribution in [0.4, 0.5) is 0 Å². The summed E-state index contributed by atoms with van der Waals surface area (Å²) in [5, 5.41) is 0.371. The maximum Gasteiger partial charge on any atom is 0.274 e. The van der Waals surface area contributed by atoms with Crippen LogP contribution in [0.5, 0.6) is 0 Å². The number of likely N-dealkylation sites (tertiary alicyclic amines) is 1. The molecule has 4 nitrogen and oxygen atoms in total. The molecule has 2 aliphatic rings. The van der Waals surface area contributed by atoms with Crippen LogP contribution in [0, 0.1) is 5.92 Å². The summed E-state index contributed by atoms with van der Waals surface area (Å²) in [7, 11) is 0. The fourth-order valence-corrected chi connectivity index (χ4v) is 4.16. The van der Waals surface area contributed by atoms with Crippen molar-refractivity contribution in [2.24, 2.45) is 5.92 Å². The molecule has 0 bridgehead atoms. The second-order valence-corrected chi connectivity index (χ2v) is 7.59. The van der Waals surface area contributed by atoms with Crippen molar-refractivity contribution in [2.75, 3.05) is 6.54 Å². The highest BCUT2D eigenvalue weighted by Gasteiger charge is 2.35. The average molecular weight is 336 g/mol. The molecule has 1 aliphatic heterocycles. The molecular formula is C18H26ClN3O. The van der Waals surface area contributed by atoms with Crippen molar-refractivity contribution in [2.45, 2.75) is 70.8 Å². The molecule has 5 heteroatoms. The van der Waals surface area contributed by atoms with Crippen molar-refractivity contribution in [1.82, 2.24) is 14.9 Å². The smallest absolute Gasteiger partial charge is 0.274 e. The number of carbonyl (C=O) groups excluding carboxylic acids is 1. The number of rotatable bonds is 2. The summed E-state index contributed by atoms with van der Waals surface area (Å²) in [6.45, 7) is 4.89. The van der Waals surface area contributed by atoms with Crippen LogP contribution in [0.25, 0.3) is 0 Å². The van der Waals surface area contributed by atoms with Crippen LogP contribution in [0.15, 0.2) is 6.20 Å². The molecule has 0 radical (unpaired) electrons. The maximum atomic E-state index is 13.2. The van der Waals surface area contributed by atoms with Crippen LogP contribution in [-0.2, 0) is 0 Å². The van der Waals surface area contributed by atoms with Gasteiger partial charge in [0.15, 0.2) is 5.69 Å². The Morgan fingerprint density at radius 3 is 2.65 bits per heavy atom. The van der Waals surface area contributed by atoms with Gasteiger partial charge in [0.1, 0.15) is 5.82 Å². The van der Waals surface area contributed by atoms with Crippen molar-refractivity contribution in [1.29, 1.82) is 0 Å². The van der Waals surface area contributed by atoms with Gasteiger partial charge in [-0.1, -0.05) is 44.7 Å². The Kier molecular flexibility index (Phi) is 5.20. The van der Waals surface area contributed by atoms with Crippen molar-refractivity contribution >= 4 is 17.5 Å². The molecule has 2 atom stereocenters. The number of amides is 1. The summed E-state index contributed by atoms with van der Waals surface area (Å²) in [5.74, 6) is 1.52. The van der Waals surface area contributed by atoms with E-state index in [-0.39, 0.29) is 11.8 Å². The number of fused-ring (bicyclic) bond motifs is 1. The minimum Gasteiger partial charge on any atom is -0.334 e. The monoisotopic (exact) mass is 335 g/mol. The van der Waals surface area contributed by atoms with Gasteiger partial charge in [-0.3, -0.25) is 4.79 Å². The third-order valence-corrected chi connectivity index (χ3v) is 5.51. The first-order valence-corrected chi connectivity index (χ1v) is 9.29. The summed E-state index contributed by atoms with van der Waals surface area (Å²) < 4.78 is 0. The number of hydrogen-bond acceptors (Lipinski definition) is 3. The number of nitrogens with zero attached hydrogens (tertiary/aromatic N) is 3. The van der Waals surface area contributed by atoms with E-state index in [1.165, 1.54) is 32.1 Å². The predicted octanol–water partition coefficient (Wildman–Crippen LogP) is 4.44. The average Bonchev–Trinajstić information content (AvgIpc) is 2.77. The molecule has 2 fully saturated rings. The van der Waals surface area contributed by atoms with Crippen molar-refractivity contribution in [3.05, 3.63) is 22.7 Å². The summed E-state index contributed by atoms with van der Waals surface area (Å²) in [6, 6.07) is 0.368. The molecule has 2 heterocycles. The summed E-state index contributed by atoms with van der Waals surface area (Å²) >= 11 is 6.26. The Morgan fingerprint density at radius 1 is 1.22 bits per heavy atom. The minimum atomic E-state index is -0.00176. The van der Waals surface area contributed by atoms with E-state index < -0.39 is 0 Å². The third-order valence-electron chi connectivity index (χ3n) is 5.24. The minimum absolute atomic E-state index is 0.00176. The Balaban J connectivity index is 1.90.